The zero-order valence-corrected chi connectivity index (χ0v) is 22.1. The van der Waals surface area contributed by atoms with Crippen LogP contribution in [0.2, 0.25) is 0 Å². The van der Waals surface area contributed by atoms with Gasteiger partial charge in [-0.2, -0.15) is 5.10 Å². The number of amides is 2. The highest BCUT2D eigenvalue weighted by molar-refractivity contribution is 6.13. The van der Waals surface area contributed by atoms with Crippen LogP contribution in [0.25, 0.3) is 16.6 Å². The van der Waals surface area contributed by atoms with E-state index in [1.54, 1.807) is 20.2 Å². The smallest absolute Gasteiger partial charge is 0.410 e. The summed E-state index contributed by atoms with van der Waals surface area (Å²) in [6.45, 7) is 11.9. The first kappa shape index (κ1) is 24.5. The van der Waals surface area contributed by atoms with Gasteiger partial charge in [0.1, 0.15) is 11.1 Å². The second kappa shape index (κ2) is 9.06. The number of nitrogens with zero attached hydrogens (tertiary/aromatic N) is 7. The third-order valence-corrected chi connectivity index (χ3v) is 6.26. The molecule has 1 aromatic carbocycles. The van der Waals surface area contributed by atoms with Crippen molar-refractivity contribution in [3.63, 3.8) is 0 Å². The number of fused-ring (bicyclic) bond motifs is 2. The lowest BCUT2D eigenvalue weighted by atomic mass is 10.1. The van der Waals surface area contributed by atoms with Crippen LogP contribution in [0.5, 0.6) is 0 Å². The molecular formula is C26H32N8O3. The van der Waals surface area contributed by atoms with E-state index in [1.807, 2.05) is 66.2 Å². The van der Waals surface area contributed by atoms with Gasteiger partial charge in [-0.3, -0.25) is 9.48 Å². The van der Waals surface area contributed by atoms with Crippen LogP contribution in [0.4, 0.5) is 16.3 Å². The number of ether oxygens (including phenoxy) is 1. The van der Waals surface area contributed by atoms with Crippen molar-refractivity contribution in [3.05, 3.63) is 47.4 Å². The summed E-state index contributed by atoms with van der Waals surface area (Å²) in [6.07, 6.45) is 3.45. The first-order valence-corrected chi connectivity index (χ1v) is 12.3. The van der Waals surface area contributed by atoms with Crippen molar-refractivity contribution in [2.24, 2.45) is 7.05 Å². The normalized spacial score (nSPS) is 14.4. The number of aryl methyl sites for hydroxylation is 3. The van der Waals surface area contributed by atoms with E-state index in [9.17, 15) is 9.59 Å². The number of carbonyl (C=O) groups is 2. The first-order chi connectivity index (χ1) is 17.5. The van der Waals surface area contributed by atoms with Crippen molar-refractivity contribution in [2.45, 2.75) is 40.2 Å². The second-order valence-electron chi connectivity index (χ2n) is 10.5. The topological polar surface area (TPSA) is 110 Å². The van der Waals surface area contributed by atoms with Crippen LogP contribution in [-0.2, 0) is 11.8 Å². The number of hydrogen-bond donors (Lipinski definition) is 1. The van der Waals surface area contributed by atoms with Gasteiger partial charge in [-0.1, -0.05) is 0 Å². The van der Waals surface area contributed by atoms with Crippen molar-refractivity contribution >= 4 is 40.1 Å². The molecule has 1 saturated heterocycles. The summed E-state index contributed by atoms with van der Waals surface area (Å²) in [6, 6.07) is 5.56. The van der Waals surface area contributed by atoms with E-state index < -0.39 is 5.60 Å². The molecule has 4 heterocycles. The largest absolute Gasteiger partial charge is 0.444 e. The third-order valence-electron chi connectivity index (χ3n) is 6.26. The van der Waals surface area contributed by atoms with Crippen molar-refractivity contribution in [1.82, 2.24) is 29.3 Å². The van der Waals surface area contributed by atoms with E-state index in [0.29, 0.717) is 43.1 Å². The van der Waals surface area contributed by atoms with Gasteiger partial charge in [-0.25, -0.2) is 14.3 Å². The monoisotopic (exact) mass is 504 g/mol. The Morgan fingerprint density at radius 3 is 2.46 bits per heavy atom. The lowest BCUT2D eigenvalue weighted by molar-refractivity contribution is 0.0240. The Balaban J connectivity index is 1.37. The van der Waals surface area contributed by atoms with E-state index in [-0.39, 0.29) is 12.0 Å². The minimum atomic E-state index is -0.524. The van der Waals surface area contributed by atoms with Gasteiger partial charge >= 0.3 is 6.09 Å². The number of piperazine rings is 1. The van der Waals surface area contributed by atoms with Crippen LogP contribution in [-0.4, -0.2) is 73.1 Å². The van der Waals surface area contributed by atoms with Gasteiger partial charge in [0.15, 0.2) is 11.5 Å². The van der Waals surface area contributed by atoms with Crippen LogP contribution < -0.4 is 10.2 Å². The molecule has 5 rings (SSSR count). The van der Waals surface area contributed by atoms with E-state index in [0.717, 1.165) is 28.0 Å². The summed E-state index contributed by atoms with van der Waals surface area (Å²) < 4.78 is 8.91. The fraction of sp³-hybridized carbons (Fsp3) is 0.423. The Kier molecular flexibility index (Phi) is 6.01. The minimum Gasteiger partial charge on any atom is -0.444 e. The van der Waals surface area contributed by atoms with Crippen LogP contribution in [0, 0.1) is 13.8 Å². The number of anilines is 2. The Hall–Kier alpha value is -4.15. The highest BCUT2D eigenvalue weighted by Gasteiger charge is 2.27. The predicted molar refractivity (Wildman–Crippen MR) is 141 cm³/mol. The average Bonchev–Trinajstić information content (AvgIpc) is 3.39. The Morgan fingerprint density at radius 2 is 1.76 bits per heavy atom. The van der Waals surface area contributed by atoms with E-state index in [2.05, 4.69) is 25.4 Å². The third kappa shape index (κ3) is 4.93. The molecule has 4 aromatic rings. The number of hydrogen-bond acceptors (Lipinski definition) is 7. The van der Waals surface area contributed by atoms with E-state index in [1.165, 1.54) is 0 Å². The van der Waals surface area contributed by atoms with Crippen molar-refractivity contribution < 1.29 is 14.3 Å². The summed E-state index contributed by atoms with van der Waals surface area (Å²) >= 11 is 0. The number of rotatable bonds is 3. The Bertz CT molecular complexity index is 1510. The van der Waals surface area contributed by atoms with Gasteiger partial charge in [0.05, 0.1) is 17.5 Å². The Morgan fingerprint density at radius 1 is 1.03 bits per heavy atom. The summed E-state index contributed by atoms with van der Waals surface area (Å²) in [4.78, 5) is 34.2. The maximum Gasteiger partial charge on any atom is 0.410 e. The second-order valence-corrected chi connectivity index (χ2v) is 10.5. The quantitative estimate of drug-likeness (QED) is 0.454. The number of carbonyl (C=O) groups excluding carboxylic acids is 2. The van der Waals surface area contributed by atoms with Crippen LogP contribution >= 0.6 is 0 Å². The molecule has 1 fully saturated rings. The molecule has 194 valence electrons. The molecule has 1 aliphatic rings. The highest BCUT2D eigenvalue weighted by atomic mass is 16.6. The van der Waals surface area contributed by atoms with Crippen LogP contribution in [0.1, 0.15) is 42.4 Å². The summed E-state index contributed by atoms with van der Waals surface area (Å²) in [7, 11) is 1.84. The number of benzene rings is 1. The molecule has 0 saturated carbocycles. The molecule has 0 bridgehead atoms. The molecule has 3 aromatic heterocycles. The molecule has 0 unspecified atom stereocenters. The molecule has 0 spiro atoms. The molecule has 0 aliphatic carbocycles. The lowest BCUT2D eigenvalue weighted by Gasteiger charge is -2.37. The SMILES string of the molecule is Cc1cn2nc(NC(=O)c3ccc(N4CCN(C(=O)OC(C)(C)C)CC4)c4cn(C)nc34)cc(C)c2n1. The first-order valence-electron chi connectivity index (χ1n) is 12.3. The van der Waals surface area contributed by atoms with Crippen molar-refractivity contribution in [3.8, 4) is 0 Å². The van der Waals surface area contributed by atoms with Crippen molar-refractivity contribution in [2.75, 3.05) is 36.4 Å². The van der Waals surface area contributed by atoms with Crippen molar-refractivity contribution in [1.29, 1.82) is 0 Å². The molecule has 0 radical (unpaired) electrons. The zero-order chi connectivity index (χ0) is 26.5. The minimum absolute atomic E-state index is 0.284. The molecule has 2 amide bonds. The standard InChI is InChI=1S/C26H32N8O3/c1-16-13-21(29-34-14-17(2)27-23(16)34)28-24(35)18-7-8-20(19-15-31(6)30-22(18)19)32-9-11-33(12-10-32)25(36)37-26(3,4)5/h7-8,13-15H,9-12H2,1-6H3,(H,28,29,35). The fourth-order valence-electron chi connectivity index (χ4n) is 4.61. The average molecular weight is 505 g/mol. The molecular weight excluding hydrogens is 472 g/mol. The summed E-state index contributed by atoms with van der Waals surface area (Å²) in [5, 5.41) is 12.9. The van der Waals surface area contributed by atoms with Gasteiger partial charge in [0.25, 0.3) is 5.91 Å². The lowest BCUT2D eigenvalue weighted by Crippen LogP contribution is -2.50. The molecule has 11 heteroatoms. The zero-order valence-electron chi connectivity index (χ0n) is 22.1. The van der Waals surface area contributed by atoms with Gasteiger partial charge < -0.3 is 19.9 Å². The summed E-state index contributed by atoms with van der Waals surface area (Å²) in [5.74, 6) is 0.159. The number of aromatic nitrogens is 5. The van der Waals surface area contributed by atoms with Gasteiger partial charge in [0, 0.05) is 50.5 Å². The highest BCUT2D eigenvalue weighted by Crippen LogP contribution is 2.30. The maximum atomic E-state index is 13.3. The molecule has 1 aliphatic heterocycles. The van der Waals surface area contributed by atoms with E-state index in [4.69, 9.17) is 4.74 Å². The maximum absolute atomic E-state index is 13.3. The fourth-order valence-corrected chi connectivity index (χ4v) is 4.61. The van der Waals surface area contributed by atoms with Crippen LogP contribution in [0.15, 0.2) is 30.6 Å². The predicted octanol–water partition coefficient (Wildman–Crippen LogP) is 3.54. The van der Waals surface area contributed by atoms with Gasteiger partial charge in [-0.05, 0) is 58.4 Å². The molecule has 11 nitrogen and oxygen atoms in total. The van der Waals surface area contributed by atoms with Gasteiger partial charge in [0.2, 0.25) is 0 Å². The van der Waals surface area contributed by atoms with Crippen LogP contribution in [0.3, 0.4) is 0 Å². The summed E-state index contributed by atoms with van der Waals surface area (Å²) in [5.41, 5.74) is 4.08. The van der Waals surface area contributed by atoms with Gasteiger partial charge in [-0.15, -0.1) is 5.10 Å². The van der Waals surface area contributed by atoms with E-state index >= 15 is 0 Å². The molecule has 37 heavy (non-hydrogen) atoms. The molecule has 1 N–H and O–H groups in total. The Labute approximate surface area is 215 Å². The number of nitrogens with one attached hydrogen (secondary N) is 1. The number of imidazole rings is 1. The molecule has 0 atom stereocenters.